The van der Waals surface area contributed by atoms with Gasteiger partial charge in [0.15, 0.2) is 0 Å². The molecule has 112 valence electrons. The third-order valence-corrected chi connectivity index (χ3v) is 3.43. The summed E-state index contributed by atoms with van der Waals surface area (Å²) in [7, 11) is 0. The molecule has 1 atom stereocenters. The minimum absolute atomic E-state index is 0.0186. The van der Waals surface area contributed by atoms with Gasteiger partial charge in [-0.1, -0.05) is 20.3 Å². The maximum absolute atomic E-state index is 12.5. The average molecular weight is 286 g/mol. The molecule has 0 aliphatic carbocycles. The lowest BCUT2D eigenvalue weighted by molar-refractivity contribution is -0.120. The van der Waals surface area contributed by atoms with Gasteiger partial charge in [0.25, 0.3) is 0 Å². The Kier molecular flexibility index (Phi) is 5.22. The van der Waals surface area contributed by atoms with E-state index in [0.29, 0.717) is 13.0 Å². The van der Waals surface area contributed by atoms with Crippen LogP contribution < -0.4 is 10.6 Å². The fraction of sp³-hybridized carbons (Fsp3) is 0.438. The van der Waals surface area contributed by atoms with Crippen LogP contribution in [-0.4, -0.2) is 28.5 Å². The summed E-state index contributed by atoms with van der Waals surface area (Å²) < 4.78 is 0. The lowest BCUT2D eigenvalue weighted by Gasteiger charge is -2.25. The van der Waals surface area contributed by atoms with Crippen LogP contribution in [0.4, 0.5) is 5.69 Å². The molecule has 0 bridgehead atoms. The zero-order valence-electron chi connectivity index (χ0n) is 12.6. The van der Waals surface area contributed by atoms with E-state index in [1.54, 1.807) is 11.1 Å². The molecular formula is C16H22N4O. The number of carbonyl (C=O) groups is 1. The molecule has 1 amide bonds. The molecule has 1 unspecified atom stereocenters. The van der Waals surface area contributed by atoms with Gasteiger partial charge in [-0.3, -0.25) is 4.79 Å². The average Bonchev–Trinajstić information content (AvgIpc) is 2.51. The summed E-state index contributed by atoms with van der Waals surface area (Å²) >= 11 is 0. The number of fused-ring (bicyclic) bond motifs is 1. The summed E-state index contributed by atoms with van der Waals surface area (Å²) in [5.41, 5.74) is 7.72. The summed E-state index contributed by atoms with van der Waals surface area (Å²) in [4.78, 5) is 22.5. The van der Waals surface area contributed by atoms with Crippen molar-refractivity contribution in [1.82, 2.24) is 9.97 Å². The monoisotopic (exact) mass is 286 g/mol. The van der Waals surface area contributed by atoms with E-state index >= 15 is 0 Å². The fourth-order valence-corrected chi connectivity index (χ4v) is 2.36. The van der Waals surface area contributed by atoms with Crippen molar-refractivity contribution in [3.05, 3.63) is 30.7 Å². The Morgan fingerprint density at radius 3 is 2.86 bits per heavy atom. The number of nitrogens with two attached hydrogens (primary N) is 1. The molecule has 0 fully saturated rings. The van der Waals surface area contributed by atoms with Crippen molar-refractivity contribution < 1.29 is 4.79 Å². The van der Waals surface area contributed by atoms with Crippen LogP contribution in [0.15, 0.2) is 30.7 Å². The second-order valence-electron chi connectivity index (χ2n) is 5.15. The van der Waals surface area contributed by atoms with E-state index in [2.05, 4.69) is 16.9 Å². The van der Waals surface area contributed by atoms with Crippen molar-refractivity contribution in [3.8, 4) is 0 Å². The molecule has 0 saturated carbocycles. The Balaban J connectivity index is 2.33. The quantitative estimate of drug-likeness (QED) is 0.885. The van der Waals surface area contributed by atoms with Gasteiger partial charge in [0.2, 0.25) is 5.91 Å². The summed E-state index contributed by atoms with van der Waals surface area (Å²) in [6, 6.07) is 5.33. The first kappa shape index (κ1) is 15.4. The highest BCUT2D eigenvalue weighted by Crippen LogP contribution is 2.21. The van der Waals surface area contributed by atoms with E-state index in [1.807, 2.05) is 25.1 Å². The number of hydrogen-bond acceptors (Lipinski definition) is 4. The van der Waals surface area contributed by atoms with Gasteiger partial charge in [-0.15, -0.1) is 0 Å². The number of nitrogens with zero attached hydrogens (tertiary/aromatic N) is 3. The molecule has 5 nitrogen and oxygen atoms in total. The smallest absolute Gasteiger partial charge is 0.243 e. The van der Waals surface area contributed by atoms with Crippen LogP contribution >= 0.6 is 0 Å². The number of aromatic nitrogens is 2. The molecule has 21 heavy (non-hydrogen) atoms. The third-order valence-electron chi connectivity index (χ3n) is 3.43. The van der Waals surface area contributed by atoms with E-state index in [-0.39, 0.29) is 5.91 Å². The number of hydrogen-bond donors (Lipinski definition) is 1. The Bertz CT molecular complexity index is 614. The topological polar surface area (TPSA) is 72.1 Å². The highest BCUT2D eigenvalue weighted by Gasteiger charge is 2.21. The molecule has 5 heteroatoms. The molecule has 0 aliphatic heterocycles. The SMILES string of the molecule is CCCC(N)C(=O)N(CCC)c1ccc2ncncc2c1. The van der Waals surface area contributed by atoms with Crippen LogP contribution in [0.25, 0.3) is 10.9 Å². The van der Waals surface area contributed by atoms with E-state index in [4.69, 9.17) is 5.73 Å². The number of rotatable bonds is 6. The summed E-state index contributed by atoms with van der Waals surface area (Å²) in [6.07, 6.45) is 5.77. The molecule has 1 aromatic carbocycles. The fourth-order valence-electron chi connectivity index (χ4n) is 2.36. The molecule has 0 spiro atoms. The molecule has 0 saturated heterocycles. The standard InChI is InChI=1S/C16H22N4O/c1-3-5-14(17)16(21)20(8-4-2)13-6-7-15-12(9-13)10-18-11-19-15/h6-7,9-11,14H,3-5,8,17H2,1-2H3. The summed E-state index contributed by atoms with van der Waals surface area (Å²) in [5, 5.41) is 0.924. The van der Waals surface area contributed by atoms with Gasteiger partial charge >= 0.3 is 0 Å². The summed E-state index contributed by atoms with van der Waals surface area (Å²) in [6.45, 7) is 4.75. The first-order chi connectivity index (χ1) is 10.2. The van der Waals surface area contributed by atoms with E-state index in [0.717, 1.165) is 29.4 Å². The van der Waals surface area contributed by atoms with Crippen LogP contribution in [0.2, 0.25) is 0 Å². The lowest BCUT2D eigenvalue weighted by Crippen LogP contribution is -2.44. The predicted molar refractivity (Wildman–Crippen MR) is 85.1 cm³/mol. The van der Waals surface area contributed by atoms with E-state index in [9.17, 15) is 4.79 Å². The van der Waals surface area contributed by atoms with Gasteiger partial charge in [-0.2, -0.15) is 0 Å². The molecule has 1 heterocycles. The lowest BCUT2D eigenvalue weighted by atomic mass is 10.1. The molecule has 2 N–H and O–H groups in total. The van der Waals surface area contributed by atoms with Gasteiger partial charge in [0.05, 0.1) is 11.6 Å². The first-order valence-electron chi connectivity index (χ1n) is 7.44. The van der Waals surface area contributed by atoms with Crippen molar-refractivity contribution in [3.63, 3.8) is 0 Å². The largest absolute Gasteiger partial charge is 0.320 e. The van der Waals surface area contributed by atoms with Crippen LogP contribution in [0.1, 0.15) is 33.1 Å². The molecule has 2 aromatic rings. The second-order valence-corrected chi connectivity index (χ2v) is 5.15. The molecular weight excluding hydrogens is 264 g/mol. The maximum Gasteiger partial charge on any atom is 0.243 e. The van der Waals surface area contributed by atoms with Gasteiger partial charge in [0.1, 0.15) is 6.33 Å². The van der Waals surface area contributed by atoms with Gasteiger partial charge in [-0.25, -0.2) is 9.97 Å². The second kappa shape index (κ2) is 7.13. The minimum atomic E-state index is -0.440. The van der Waals surface area contributed by atoms with Crippen molar-refractivity contribution >= 4 is 22.5 Å². The predicted octanol–water partition coefficient (Wildman–Crippen LogP) is 2.50. The van der Waals surface area contributed by atoms with Gasteiger partial charge in [-0.05, 0) is 31.0 Å². The Labute approximate surface area is 125 Å². The number of amides is 1. The molecule has 2 rings (SSSR count). The number of carbonyl (C=O) groups excluding carboxylic acids is 1. The van der Waals surface area contributed by atoms with Crippen LogP contribution in [-0.2, 0) is 4.79 Å². The number of anilines is 1. The van der Waals surface area contributed by atoms with Crippen LogP contribution in [0, 0.1) is 0 Å². The molecule has 0 radical (unpaired) electrons. The Morgan fingerprint density at radius 1 is 1.33 bits per heavy atom. The molecule has 1 aromatic heterocycles. The minimum Gasteiger partial charge on any atom is -0.320 e. The van der Waals surface area contributed by atoms with Crippen molar-refractivity contribution in [1.29, 1.82) is 0 Å². The first-order valence-corrected chi connectivity index (χ1v) is 7.44. The van der Waals surface area contributed by atoms with E-state index < -0.39 is 6.04 Å². The van der Waals surface area contributed by atoms with Crippen LogP contribution in [0.3, 0.4) is 0 Å². The number of benzene rings is 1. The van der Waals surface area contributed by atoms with Crippen LogP contribution in [0.5, 0.6) is 0 Å². The molecule has 0 aliphatic rings. The van der Waals surface area contributed by atoms with Crippen molar-refractivity contribution in [2.45, 2.75) is 39.2 Å². The highest BCUT2D eigenvalue weighted by molar-refractivity contribution is 5.98. The zero-order valence-corrected chi connectivity index (χ0v) is 12.6. The Hall–Kier alpha value is -2.01. The third kappa shape index (κ3) is 3.55. The van der Waals surface area contributed by atoms with Gasteiger partial charge in [0, 0.05) is 23.8 Å². The van der Waals surface area contributed by atoms with Crippen molar-refractivity contribution in [2.24, 2.45) is 5.73 Å². The zero-order chi connectivity index (χ0) is 15.2. The normalized spacial score (nSPS) is 12.3. The Morgan fingerprint density at radius 2 is 2.14 bits per heavy atom. The highest BCUT2D eigenvalue weighted by atomic mass is 16.2. The van der Waals surface area contributed by atoms with Crippen molar-refractivity contribution in [2.75, 3.05) is 11.4 Å². The maximum atomic E-state index is 12.5. The van der Waals surface area contributed by atoms with Gasteiger partial charge < -0.3 is 10.6 Å². The van der Waals surface area contributed by atoms with E-state index in [1.165, 1.54) is 6.33 Å². The summed E-state index contributed by atoms with van der Waals surface area (Å²) in [5.74, 6) is -0.0186.